The Morgan fingerprint density at radius 3 is 2.22 bits per heavy atom. The molecule has 1 aliphatic rings. The van der Waals surface area contributed by atoms with Gasteiger partial charge in [0.05, 0.1) is 7.11 Å². The third-order valence-electron chi connectivity index (χ3n) is 4.80. The van der Waals surface area contributed by atoms with Crippen molar-refractivity contribution < 1.29 is 4.74 Å². The molecule has 1 fully saturated rings. The molecule has 0 aromatic heterocycles. The Balaban J connectivity index is 0.00000364. The van der Waals surface area contributed by atoms with Gasteiger partial charge in [-0.15, -0.1) is 24.0 Å². The van der Waals surface area contributed by atoms with Gasteiger partial charge in [0, 0.05) is 52.0 Å². The van der Waals surface area contributed by atoms with Gasteiger partial charge >= 0.3 is 0 Å². The van der Waals surface area contributed by atoms with Crippen molar-refractivity contribution in [2.45, 2.75) is 26.2 Å². The highest BCUT2D eigenvalue weighted by Gasteiger charge is 2.16. The molecular formula is C20H36IN5O. The fourth-order valence-corrected chi connectivity index (χ4v) is 3.14. The molecule has 0 bridgehead atoms. The summed E-state index contributed by atoms with van der Waals surface area (Å²) in [5.41, 5.74) is 1.29. The van der Waals surface area contributed by atoms with Crippen molar-refractivity contribution in [1.82, 2.24) is 15.5 Å². The first-order valence-electron chi connectivity index (χ1n) is 9.82. The summed E-state index contributed by atoms with van der Waals surface area (Å²) >= 11 is 0. The van der Waals surface area contributed by atoms with Gasteiger partial charge in [-0.05, 0) is 43.7 Å². The van der Waals surface area contributed by atoms with Crippen LogP contribution in [-0.4, -0.2) is 70.8 Å². The van der Waals surface area contributed by atoms with Crippen molar-refractivity contribution in [3.05, 3.63) is 24.3 Å². The molecule has 0 aliphatic carbocycles. The summed E-state index contributed by atoms with van der Waals surface area (Å²) in [4.78, 5) is 9.27. The van der Waals surface area contributed by atoms with Crippen molar-refractivity contribution in [1.29, 1.82) is 0 Å². The Labute approximate surface area is 181 Å². The van der Waals surface area contributed by atoms with Crippen LogP contribution in [0.3, 0.4) is 0 Å². The summed E-state index contributed by atoms with van der Waals surface area (Å²) in [5, 5.41) is 6.75. The number of aliphatic imine (C=N–C) groups is 1. The van der Waals surface area contributed by atoms with Gasteiger partial charge in [-0.2, -0.15) is 0 Å². The number of benzene rings is 1. The van der Waals surface area contributed by atoms with Crippen LogP contribution in [0, 0.1) is 0 Å². The predicted molar refractivity (Wildman–Crippen MR) is 126 cm³/mol. The van der Waals surface area contributed by atoms with Gasteiger partial charge in [0.15, 0.2) is 5.96 Å². The van der Waals surface area contributed by atoms with E-state index in [2.05, 4.69) is 44.5 Å². The molecule has 1 aromatic carbocycles. The summed E-state index contributed by atoms with van der Waals surface area (Å²) in [6, 6.07) is 8.37. The molecule has 1 saturated heterocycles. The second kappa shape index (κ2) is 13.9. The summed E-state index contributed by atoms with van der Waals surface area (Å²) < 4.78 is 5.24. The molecule has 1 aliphatic heterocycles. The van der Waals surface area contributed by atoms with Crippen LogP contribution in [0.1, 0.15) is 26.2 Å². The quantitative estimate of drug-likeness (QED) is 0.242. The first kappa shape index (κ1) is 23.8. The number of anilines is 1. The number of guanidine groups is 1. The largest absolute Gasteiger partial charge is 0.497 e. The number of ether oxygens (including phenoxy) is 1. The lowest BCUT2D eigenvalue weighted by atomic mass is 10.2. The Bertz CT molecular complexity index is 530. The van der Waals surface area contributed by atoms with Gasteiger partial charge in [-0.3, -0.25) is 9.89 Å². The minimum absolute atomic E-state index is 0. The lowest BCUT2D eigenvalue weighted by Crippen LogP contribution is -2.47. The third-order valence-corrected chi connectivity index (χ3v) is 4.80. The van der Waals surface area contributed by atoms with Gasteiger partial charge in [0.25, 0.3) is 0 Å². The lowest BCUT2D eigenvalue weighted by Gasteiger charge is -2.36. The van der Waals surface area contributed by atoms with Crippen LogP contribution in [0.2, 0.25) is 0 Å². The zero-order valence-electron chi connectivity index (χ0n) is 17.0. The standard InChI is InChI=1S/C20H35N5O.HI/c1-4-5-11-22-20(21-2)23-12-6-13-24-14-16-25(17-15-24)18-7-9-19(26-3)10-8-18;/h7-10H,4-6,11-17H2,1-3H3,(H2,21,22,23);1H. The highest BCUT2D eigenvalue weighted by Crippen LogP contribution is 2.20. The van der Waals surface area contributed by atoms with Crippen molar-refractivity contribution in [2.24, 2.45) is 4.99 Å². The Morgan fingerprint density at radius 1 is 1.04 bits per heavy atom. The van der Waals surface area contributed by atoms with E-state index >= 15 is 0 Å². The summed E-state index contributed by atoms with van der Waals surface area (Å²) in [5.74, 6) is 1.84. The highest BCUT2D eigenvalue weighted by molar-refractivity contribution is 14.0. The van der Waals surface area contributed by atoms with Crippen molar-refractivity contribution in [3.8, 4) is 5.75 Å². The van der Waals surface area contributed by atoms with Crippen molar-refractivity contribution in [2.75, 3.05) is 64.9 Å². The maximum Gasteiger partial charge on any atom is 0.190 e. The van der Waals surface area contributed by atoms with E-state index in [9.17, 15) is 0 Å². The first-order chi connectivity index (χ1) is 12.8. The van der Waals surface area contributed by atoms with Crippen molar-refractivity contribution >= 4 is 35.6 Å². The first-order valence-corrected chi connectivity index (χ1v) is 9.82. The zero-order chi connectivity index (χ0) is 18.6. The molecule has 154 valence electrons. The second-order valence-electron chi connectivity index (χ2n) is 6.66. The molecule has 2 rings (SSSR count). The van der Waals surface area contributed by atoms with E-state index in [1.807, 2.05) is 19.2 Å². The molecule has 7 heteroatoms. The van der Waals surface area contributed by atoms with Crippen LogP contribution >= 0.6 is 24.0 Å². The van der Waals surface area contributed by atoms with Crippen LogP contribution in [0.4, 0.5) is 5.69 Å². The maximum absolute atomic E-state index is 5.24. The lowest BCUT2D eigenvalue weighted by molar-refractivity contribution is 0.255. The molecular weight excluding hydrogens is 453 g/mol. The predicted octanol–water partition coefficient (Wildman–Crippen LogP) is 2.79. The van der Waals surface area contributed by atoms with Gasteiger partial charge in [0.1, 0.15) is 5.75 Å². The Kier molecular flexibility index (Phi) is 12.2. The van der Waals surface area contributed by atoms with E-state index in [0.29, 0.717) is 0 Å². The Morgan fingerprint density at radius 2 is 1.67 bits per heavy atom. The molecule has 0 spiro atoms. The fourth-order valence-electron chi connectivity index (χ4n) is 3.14. The van der Waals surface area contributed by atoms with E-state index in [1.54, 1.807) is 7.11 Å². The normalized spacial score (nSPS) is 15.2. The number of rotatable bonds is 9. The molecule has 6 nitrogen and oxygen atoms in total. The van der Waals surface area contributed by atoms with Crippen molar-refractivity contribution in [3.63, 3.8) is 0 Å². The summed E-state index contributed by atoms with van der Waals surface area (Å²) in [6.07, 6.45) is 3.52. The summed E-state index contributed by atoms with van der Waals surface area (Å²) in [6.45, 7) is 9.70. The molecule has 0 amide bonds. The van der Waals surface area contributed by atoms with E-state index in [4.69, 9.17) is 4.74 Å². The monoisotopic (exact) mass is 489 g/mol. The zero-order valence-corrected chi connectivity index (χ0v) is 19.4. The molecule has 0 saturated carbocycles. The van der Waals surface area contributed by atoms with Crippen LogP contribution in [0.15, 0.2) is 29.3 Å². The number of unbranched alkanes of at least 4 members (excludes halogenated alkanes) is 1. The topological polar surface area (TPSA) is 52.1 Å². The average Bonchev–Trinajstić information content (AvgIpc) is 2.70. The number of halogens is 1. The molecule has 1 heterocycles. The molecule has 27 heavy (non-hydrogen) atoms. The van der Waals surface area contributed by atoms with Gasteiger partial charge in [0.2, 0.25) is 0 Å². The number of hydrogen-bond acceptors (Lipinski definition) is 4. The molecule has 0 atom stereocenters. The minimum atomic E-state index is 0. The molecule has 0 radical (unpaired) electrons. The van der Waals surface area contributed by atoms with Crippen LogP contribution in [-0.2, 0) is 0 Å². The average molecular weight is 489 g/mol. The fraction of sp³-hybridized carbons (Fsp3) is 0.650. The highest BCUT2D eigenvalue weighted by atomic mass is 127. The molecule has 0 unspecified atom stereocenters. The van der Waals surface area contributed by atoms with E-state index in [-0.39, 0.29) is 24.0 Å². The smallest absolute Gasteiger partial charge is 0.190 e. The second-order valence-corrected chi connectivity index (χ2v) is 6.66. The number of methoxy groups -OCH3 is 1. The van der Waals surface area contributed by atoms with E-state index < -0.39 is 0 Å². The number of piperazine rings is 1. The van der Waals surface area contributed by atoms with Gasteiger partial charge < -0.3 is 20.3 Å². The minimum Gasteiger partial charge on any atom is -0.497 e. The SMILES string of the molecule is CCCCNC(=NC)NCCCN1CCN(c2ccc(OC)cc2)CC1.I. The molecule has 1 aromatic rings. The van der Waals surface area contributed by atoms with E-state index in [1.165, 1.54) is 18.5 Å². The van der Waals surface area contributed by atoms with Crippen LogP contribution in [0.5, 0.6) is 5.75 Å². The third kappa shape index (κ3) is 8.55. The van der Waals surface area contributed by atoms with Gasteiger partial charge in [-0.1, -0.05) is 13.3 Å². The number of hydrogen-bond donors (Lipinski definition) is 2. The summed E-state index contributed by atoms with van der Waals surface area (Å²) in [7, 11) is 3.54. The van der Waals surface area contributed by atoms with E-state index in [0.717, 1.165) is 63.9 Å². The molecule has 2 N–H and O–H groups in total. The Hall–Kier alpha value is -1.22. The maximum atomic E-state index is 5.24. The number of nitrogens with zero attached hydrogens (tertiary/aromatic N) is 3. The van der Waals surface area contributed by atoms with Crippen LogP contribution in [0.25, 0.3) is 0 Å². The number of nitrogens with one attached hydrogen (secondary N) is 2. The van der Waals surface area contributed by atoms with Gasteiger partial charge in [-0.25, -0.2) is 0 Å². The van der Waals surface area contributed by atoms with Crippen LogP contribution < -0.4 is 20.3 Å².